The van der Waals surface area contributed by atoms with Gasteiger partial charge in [0.05, 0.1) is 18.6 Å². The van der Waals surface area contributed by atoms with Crippen LogP contribution < -0.4 is 10.1 Å². The summed E-state index contributed by atoms with van der Waals surface area (Å²) in [5.41, 5.74) is 0.495. The van der Waals surface area contributed by atoms with E-state index in [1.807, 2.05) is 6.92 Å². The van der Waals surface area contributed by atoms with Gasteiger partial charge in [-0.1, -0.05) is 18.7 Å². The van der Waals surface area contributed by atoms with E-state index in [1.165, 1.54) is 24.0 Å². The second kappa shape index (κ2) is 6.42. The highest BCUT2D eigenvalue weighted by Crippen LogP contribution is 2.23. The molecule has 1 aliphatic heterocycles. The standard InChI is InChI=1S/C13H15N3O3S/c1-3-11-12(18)15-13(20-11)16-14-7-8-6-9(19-2)4-5-10(8)17/h4-7,11,17H,3H2,1-2H3,(H,15,16,18)/b14-7+. The fourth-order valence-corrected chi connectivity index (χ4v) is 2.48. The summed E-state index contributed by atoms with van der Waals surface area (Å²) < 4.78 is 5.06. The topological polar surface area (TPSA) is 83.3 Å². The lowest BCUT2D eigenvalue weighted by Crippen LogP contribution is -2.24. The Hall–Kier alpha value is -2.02. The molecule has 0 radical (unpaired) electrons. The molecule has 1 saturated heterocycles. The van der Waals surface area contributed by atoms with Crippen molar-refractivity contribution in [2.45, 2.75) is 18.6 Å². The predicted octanol–water partition coefficient (Wildman–Crippen LogP) is 1.73. The van der Waals surface area contributed by atoms with E-state index >= 15 is 0 Å². The molecule has 106 valence electrons. The third kappa shape index (κ3) is 3.30. The van der Waals surface area contributed by atoms with Crippen molar-refractivity contribution in [3.8, 4) is 11.5 Å². The summed E-state index contributed by atoms with van der Waals surface area (Å²) in [7, 11) is 1.54. The summed E-state index contributed by atoms with van der Waals surface area (Å²) >= 11 is 1.35. The van der Waals surface area contributed by atoms with Crippen LogP contribution in [0.15, 0.2) is 28.4 Å². The van der Waals surface area contributed by atoms with Crippen LogP contribution in [-0.4, -0.2) is 34.8 Å². The lowest BCUT2D eigenvalue weighted by Gasteiger charge is -2.02. The first-order valence-electron chi connectivity index (χ1n) is 6.09. The summed E-state index contributed by atoms with van der Waals surface area (Å²) in [4.78, 5) is 11.5. The van der Waals surface area contributed by atoms with Gasteiger partial charge >= 0.3 is 0 Å². The Labute approximate surface area is 120 Å². The molecule has 0 spiro atoms. The lowest BCUT2D eigenvalue weighted by atomic mass is 10.2. The highest BCUT2D eigenvalue weighted by molar-refractivity contribution is 8.15. The molecule has 7 heteroatoms. The van der Waals surface area contributed by atoms with Crippen molar-refractivity contribution in [1.29, 1.82) is 0 Å². The van der Waals surface area contributed by atoms with E-state index in [0.29, 0.717) is 16.5 Å². The van der Waals surface area contributed by atoms with Crippen LogP contribution in [0.5, 0.6) is 11.5 Å². The molecule has 1 unspecified atom stereocenters. The molecule has 1 amide bonds. The normalized spacial score (nSPS) is 20.6. The highest BCUT2D eigenvalue weighted by Gasteiger charge is 2.28. The minimum absolute atomic E-state index is 0.0457. The van der Waals surface area contributed by atoms with Gasteiger partial charge in [-0.2, -0.15) is 5.10 Å². The van der Waals surface area contributed by atoms with Crippen LogP contribution >= 0.6 is 11.8 Å². The van der Waals surface area contributed by atoms with Crippen molar-refractivity contribution in [3.05, 3.63) is 23.8 Å². The van der Waals surface area contributed by atoms with E-state index < -0.39 is 0 Å². The summed E-state index contributed by atoms with van der Waals surface area (Å²) in [6.45, 7) is 1.94. The number of methoxy groups -OCH3 is 1. The Morgan fingerprint density at radius 2 is 2.35 bits per heavy atom. The molecule has 1 atom stereocenters. The summed E-state index contributed by atoms with van der Waals surface area (Å²) in [6, 6.07) is 4.82. The molecule has 2 N–H and O–H groups in total. The van der Waals surface area contributed by atoms with Gasteiger partial charge in [0.25, 0.3) is 0 Å². The maximum Gasteiger partial charge on any atom is 0.239 e. The monoisotopic (exact) mass is 293 g/mol. The summed E-state index contributed by atoms with van der Waals surface area (Å²) in [5, 5.41) is 20.5. The zero-order valence-electron chi connectivity index (χ0n) is 11.2. The molecule has 1 aromatic carbocycles. The number of benzene rings is 1. The van der Waals surface area contributed by atoms with E-state index in [-0.39, 0.29) is 16.9 Å². The number of ether oxygens (including phenoxy) is 1. The second-order valence-electron chi connectivity index (χ2n) is 4.08. The van der Waals surface area contributed by atoms with Crippen LogP contribution in [0.1, 0.15) is 18.9 Å². The fourth-order valence-electron chi connectivity index (χ4n) is 1.63. The van der Waals surface area contributed by atoms with Crippen LogP contribution in [0.3, 0.4) is 0 Å². The summed E-state index contributed by atoms with van der Waals surface area (Å²) in [6.07, 6.45) is 2.16. The number of rotatable bonds is 4. The number of amides is 1. The Balaban J connectivity index is 2.09. The van der Waals surface area contributed by atoms with Gasteiger partial charge in [0.2, 0.25) is 5.91 Å². The Bertz CT molecular complexity index is 572. The van der Waals surface area contributed by atoms with Crippen molar-refractivity contribution in [3.63, 3.8) is 0 Å². The molecular weight excluding hydrogens is 278 g/mol. The van der Waals surface area contributed by atoms with E-state index in [2.05, 4.69) is 15.5 Å². The molecule has 1 aromatic rings. The summed E-state index contributed by atoms with van der Waals surface area (Å²) in [5.74, 6) is 0.659. The minimum atomic E-state index is -0.103. The largest absolute Gasteiger partial charge is 0.507 e. The third-order valence-corrected chi connectivity index (χ3v) is 3.97. The van der Waals surface area contributed by atoms with Gasteiger partial charge in [-0.05, 0) is 24.6 Å². The molecule has 1 fully saturated rings. The molecule has 0 aromatic heterocycles. The van der Waals surface area contributed by atoms with Crippen LogP contribution in [0, 0.1) is 0 Å². The zero-order valence-corrected chi connectivity index (χ0v) is 12.0. The number of hydrogen-bond donors (Lipinski definition) is 2. The van der Waals surface area contributed by atoms with Crippen molar-refractivity contribution in [2.24, 2.45) is 10.2 Å². The van der Waals surface area contributed by atoms with Gasteiger partial charge in [0, 0.05) is 5.56 Å². The number of aromatic hydroxyl groups is 1. The van der Waals surface area contributed by atoms with Crippen LogP contribution in [0.2, 0.25) is 0 Å². The number of phenols is 1. The number of amidine groups is 1. The van der Waals surface area contributed by atoms with Gasteiger partial charge < -0.3 is 15.2 Å². The number of nitrogens with one attached hydrogen (secondary N) is 1. The molecule has 1 aliphatic rings. The minimum Gasteiger partial charge on any atom is -0.507 e. The van der Waals surface area contributed by atoms with E-state index in [1.54, 1.807) is 19.2 Å². The van der Waals surface area contributed by atoms with Crippen molar-refractivity contribution >= 4 is 29.1 Å². The first-order valence-corrected chi connectivity index (χ1v) is 6.97. The Morgan fingerprint density at radius 3 is 3.00 bits per heavy atom. The van der Waals surface area contributed by atoms with Crippen molar-refractivity contribution in [2.75, 3.05) is 7.11 Å². The van der Waals surface area contributed by atoms with Crippen LogP contribution in [-0.2, 0) is 4.79 Å². The Morgan fingerprint density at radius 1 is 1.55 bits per heavy atom. The highest BCUT2D eigenvalue weighted by atomic mass is 32.2. The van der Waals surface area contributed by atoms with Crippen LogP contribution in [0.25, 0.3) is 0 Å². The Kier molecular flexibility index (Phi) is 4.62. The first kappa shape index (κ1) is 14.4. The number of carbonyl (C=O) groups is 1. The molecular formula is C13H15N3O3S. The zero-order chi connectivity index (χ0) is 14.5. The van der Waals surface area contributed by atoms with Crippen molar-refractivity contribution in [1.82, 2.24) is 5.32 Å². The number of thioether (sulfide) groups is 1. The average molecular weight is 293 g/mol. The van der Waals surface area contributed by atoms with Gasteiger partial charge in [0.15, 0.2) is 5.17 Å². The maximum absolute atomic E-state index is 11.5. The quantitative estimate of drug-likeness (QED) is 0.654. The smallest absolute Gasteiger partial charge is 0.239 e. The lowest BCUT2D eigenvalue weighted by molar-refractivity contribution is -0.118. The number of carbonyl (C=O) groups excluding carboxylic acids is 1. The molecule has 2 rings (SSSR count). The van der Waals surface area contributed by atoms with E-state index in [9.17, 15) is 9.90 Å². The molecule has 20 heavy (non-hydrogen) atoms. The van der Waals surface area contributed by atoms with Crippen molar-refractivity contribution < 1.29 is 14.6 Å². The second-order valence-corrected chi connectivity index (χ2v) is 5.27. The predicted molar refractivity (Wildman–Crippen MR) is 79.5 cm³/mol. The number of nitrogens with zero attached hydrogens (tertiary/aromatic N) is 2. The van der Waals surface area contributed by atoms with E-state index in [4.69, 9.17) is 4.74 Å². The molecule has 0 bridgehead atoms. The van der Waals surface area contributed by atoms with Gasteiger partial charge in [-0.3, -0.25) is 4.79 Å². The average Bonchev–Trinajstić information content (AvgIpc) is 2.81. The molecule has 6 nitrogen and oxygen atoms in total. The number of phenolic OH excluding ortho intramolecular Hbond substituents is 1. The third-order valence-electron chi connectivity index (χ3n) is 2.73. The van der Waals surface area contributed by atoms with Gasteiger partial charge in [-0.15, -0.1) is 5.10 Å². The fraction of sp³-hybridized carbons (Fsp3) is 0.308. The van der Waals surface area contributed by atoms with E-state index in [0.717, 1.165) is 6.42 Å². The molecule has 0 saturated carbocycles. The molecule has 0 aliphatic carbocycles. The first-order chi connectivity index (χ1) is 9.63. The van der Waals surface area contributed by atoms with Crippen LogP contribution in [0.4, 0.5) is 0 Å². The maximum atomic E-state index is 11.5. The molecule has 1 heterocycles. The van der Waals surface area contributed by atoms with Gasteiger partial charge in [-0.25, -0.2) is 0 Å². The SMILES string of the molecule is CCC1S/C(=N\N=C\c2cc(OC)ccc2O)NC1=O. The van der Waals surface area contributed by atoms with Gasteiger partial charge in [0.1, 0.15) is 11.5 Å². The number of hydrogen-bond acceptors (Lipinski definition) is 6.